The van der Waals surface area contributed by atoms with Crippen molar-refractivity contribution in [2.24, 2.45) is 5.10 Å². The van der Waals surface area contributed by atoms with Gasteiger partial charge in [-0.2, -0.15) is 5.10 Å². The van der Waals surface area contributed by atoms with Gasteiger partial charge in [0.15, 0.2) is 5.49 Å². The largest absolute Gasteiger partial charge is 0.282 e. The number of benzene rings is 1. The van der Waals surface area contributed by atoms with Gasteiger partial charge in [-0.05, 0) is 42.5 Å². The predicted octanol–water partition coefficient (Wildman–Crippen LogP) is 3.60. The SMILES string of the molecule is N=c1c2c3c(sc2ncn1/N=C/c1ccc(Cl)cc1)CCC3. The van der Waals surface area contributed by atoms with E-state index in [0.29, 0.717) is 10.5 Å². The Hall–Kier alpha value is -1.98. The average Bonchev–Trinajstić information content (AvgIpc) is 3.09. The van der Waals surface area contributed by atoms with Gasteiger partial charge in [0.05, 0.1) is 11.6 Å². The summed E-state index contributed by atoms with van der Waals surface area (Å²) < 4.78 is 1.53. The van der Waals surface area contributed by atoms with Gasteiger partial charge < -0.3 is 0 Å². The molecule has 0 fully saturated rings. The zero-order valence-electron chi connectivity index (χ0n) is 11.7. The van der Waals surface area contributed by atoms with E-state index in [2.05, 4.69) is 10.1 Å². The van der Waals surface area contributed by atoms with E-state index in [1.54, 1.807) is 23.9 Å². The number of thiophene rings is 1. The number of aromatic nitrogens is 2. The third kappa shape index (κ3) is 2.26. The van der Waals surface area contributed by atoms with Crippen LogP contribution in [0.4, 0.5) is 0 Å². The quantitative estimate of drug-likeness (QED) is 0.718. The first-order valence-electron chi connectivity index (χ1n) is 7.09. The number of nitrogens with one attached hydrogen (secondary N) is 1. The zero-order valence-corrected chi connectivity index (χ0v) is 13.3. The van der Waals surface area contributed by atoms with Gasteiger partial charge in [0.25, 0.3) is 0 Å². The van der Waals surface area contributed by atoms with Gasteiger partial charge >= 0.3 is 0 Å². The summed E-state index contributed by atoms with van der Waals surface area (Å²) in [6.07, 6.45) is 6.67. The fraction of sp³-hybridized carbons (Fsp3) is 0.188. The molecule has 1 N–H and O–H groups in total. The standard InChI is InChI=1S/C16H13ClN4S/c17-11-6-4-10(5-7-11)8-20-21-9-19-16-14(15(21)18)12-2-1-3-13(12)22-16/h4-9,18H,1-3H2/b18-15?,20-8+. The molecule has 22 heavy (non-hydrogen) atoms. The molecule has 0 bridgehead atoms. The third-order valence-electron chi connectivity index (χ3n) is 3.85. The molecule has 0 atom stereocenters. The van der Waals surface area contributed by atoms with E-state index in [4.69, 9.17) is 17.0 Å². The molecule has 0 spiro atoms. The highest BCUT2D eigenvalue weighted by atomic mass is 35.5. The van der Waals surface area contributed by atoms with E-state index in [1.807, 2.05) is 24.3 Å². The third-order valence-corrected chi connectivity index (χ3v) is 5.31. The van der Waals surface area contributed by atoms with E-state index in [1.165, 1.54) is 21.5 Å². The van der Waals surface area contributed by atoms with Crippen LogP contribution in [0, 0.1) is 5.41 Å². The number of rotatable bonds is 2. The van der Waals surface area contributed by atoms with E-state index >= 15 is 0 Å². The van der Waals surface area contributed by atoms with Crippen LogP contribution in [0.2, 0.25) is 5.02 Å². The molecular formula is C16H13ClN4S. The molecule has 6 heteroatoms. The van der Waals surface area contributed by atoms with E-state index in [0.717, 1.165) is 28.6 Å². The highest BCUT2D eigenvalue weighted by molar-refractivity contribution is 7.18. The van der Waals surface area contributed by atoms with Gasteiger partial charge in [-0.3, -0.25) is 5.41 Å². The Morgan fingerprint density at radius 1 is 1.27 bits per heavy atom. The van der Waals surface area contributed by atoms with Crippen molar-refractivity contribution >= 4 is 39.4 Å². The van der Waals surface area contributed by atoms with Crippen molar-refractivity contribution in [1.82, 2.24) is 9.66 Å². The van der Waals surface area contributed by atoms with Crippen molar-refractivity contribution in [3.05, 3.63) is 57.1 Å². The Morgan fingerprint density at radius 2 is 2.09 bits per heavy atom. The number of hydrogen-bond donors (Lipinski definition) is 1. The van der Waals surface area contributed by atoms with Gasteiger partial charge in [0, 0.05) is 9.90 Å². The lowest BCUT2D eigenvalue weighted by molar-refractivity contribution is 0.783. The van der Waals surface area contributed by atoms with E-state index < -0.39 is 0 Å². The van der Waals surface area contributed by atoms with Gasteiger partial charge in [0.2, 0.25) is 0 Å². The van der Waals surface area contributed by atoms with Crippen molar-refractivity contribution in [1.29, 1.82) is 5.41 Å². The van der Waals surface area contributed by atoms with Crippen molar-refractivity contribution in [2.75, 3.05) is 0 Å². The van der Waals surface area contributed by atoms with Gasteiger partial charge in [-0.15, -0.1) is 11.3 Å². The van der Waals surface area contributed by atoms with Crippen LogP contribution in [0.3, 0.4) is 0 Å². The molecule has 0 saturated heterocycles. The normalized spacial score (nSPS) is 14.0. The topological polar surface area (TPSA) is 54.0 Å². The second-order valence-electron chi connectivity index (χ2n) is 5.27. The highest BCUT2D eigenvalue weighted by Crippen LogP contribution is 2.34. The molecule has 3 aromatic rings. The number of fused-ring (bicyclic) bond motifs is 3. The van der Waals surface area contributed by atoms with Crippen LogP contribution in [-0.4, -0.2) is 15.9 Å². The second kappa shape index (κ2) is 5.34. The Balaban J connectivity index is 1.77. The first kappa shape index (κ1) is 13.7. The molecule has 0 aliphatic heterocycles. The molecule has 2 aromatic heterocycles. The van der Waals surface area contributed by atoms with Crippen LogP contribution in [0.1, 0.15) is 22.4 Å². The molecule has 1 aliphatic rings. The van der Waals surface area contributed by atoms with Crippen molar-refractivity contribution < 1.29 is 0 Å². The first-order chi connectivity index (χ1) is 10.7. The van der Waals surface area contributed by atoms with Crippen LogP contribution in [-0.2, 0) is 12.8 Å². The molecule has 110 valence electrons. The maximum Gasteiger partial charge on any atom is 0.158 e. The van der Waals surface area contributed by atoms with Crippen molar-refractivity contribution in [2.45, 2.75) is 19.3 Å². The van der Waals surface area contributed by atoms with Gasteiger partial charge in [-0.1, -0.05) is 23.7 Å². The molecule has 2 heterocycles. The summed E-state index contributed by atoms with van der Waals surface area (Å²) in [6, 6.07) is 7.43. The number of nitrogens with zero attached hydrogens (tertiary/aromatic N) is 3. The molecular weight excluding hydrogens is 316 g/mol. The maximum atomic E-state index is 8.42. The molecule has 4 rings (SSSR count). The summed E-state index contributed by atoms with van der Waals surface area (Å²) in [4.78, 5) is 6.79. The second-order valence-corrected chi connectivity index (χ2v) is 6.79. The van der Waals surface area contributed by atoms with Crippen molar-refractivity contribution in [3.63, 3.8) is 0 Å². The molecule has 0 unspecified atom stereocenters. The lowest BCUT2D eigenvalue weighted by atomic mass is 10.2. The van der Waals surface area contributed by atoms with Crippen LogP contribution in [0.15, 0.2) is 35.7 Å². The number of aryl methyl sites for hydroxylation is 2. The molecule has 1 aromatic carbocycles. The summed E-state index contributed by atoms with van der Waals surface area (Å²) in [5.41, 5.74) is 2.65. The average molecular weight is 329 g/mol. The van der Waals surface area contributed by atoms with Crippen LogP contribution in [0.25, 0.3) is 10.2 Å². The number of hydrogen-bond acceptors (Lipinski definition) is 4. The van der Waals surface area contributed by atoms with Crippen molar-refractivity contribution in [3.8, 4) is 0 Å². The van der Waals surface area contributed by atoms with Crippen LogP contribution in [0.5, 0.6) is 0 Å². The molecule has 0 radical (unpaired) electrons. The van der Waals surface area contributed by atoms with E-state index in [9.17, 15) is 0 Å². The van der Waals surface area contributed by atoms with Crippen LogP contribution < -0.4 is 5.49 Å². The minimum atomic E-state index is 0.412. The minimum absolute atomic E-state index is 0.412. The maximum absolute atomic E-state index is 8.42. The molecule has 0 saturated carbocycles. The smallest absolute Gasteiger partial charge is 0.158 e. The Bertz CT molecular complexity index is 937. The molecule has 0 amide bonds. The highest BCUT2D eigenvalue weighted by Gasteiger charge is 2.19. The lowest BCUT2D eigenvalue weighted by Crippen LogP contribution is -2.17. The van der Waals surface area contributed by atoms with Crippen LogP contribution >= 0.6 is 22.9 Å². The Kier molecular flexibility index (Phi) is 3.32. The zero-order chi connectivity index (χ0) is 15.1. The summed E-state index contributed by atoms with van der Waals surface area (Å²) in [5.74, 6) is 0. The first-order valence-corrected chi connectivity index (χ1v) is 8.28. The Morgan fingerprint density at radius 3 is 2.91 bits per heavy atom. The fourth-order valence-corrected chi connectivity index (χ4v) is 4.12. The monoisotopic (exact) mass is 328 g/mol. The summed E-state index contributed by atoms with van der Waals surface area (Å²) in [7, 11) is 0. The minimum Gasteiger partial charge on any atom is -0.282 e. The van der Waals surface area contributed by atoms with Gasteiger partial charge in [0.1, 0.15) is 11.2 Å². The summed E-state index contributed by atoms with van der Waals surface area (Å²) >= 11 is 7.59. The predicted molar refractivity (Wildman–Crippen MR) is 89.9 cm³/mol. The fourth-order valence-electron chi connectivity index (χ4n) is 2.77. The molecule has 1 aliphatic carbocycles. The van der Waals surface area contributed by atoms with Gasteiger partial charge in [-0.25, -0.2) is 9.66 Å². The summed E-state index contributed by atoms with van der Waals surface area (Å²) in [5, 5.41) is 14.4. The molecule has 4 nitrogen and oxygen atoms in total. The lowest BCUT2D eigenvalue weighted by Gasteiger charge is -2.01. The number of halogens is 1. The summed E-state index contributed by atoms with van der Waals surface area (Å²) in [6.45, 7) is 0. The Labute approximate surface area is 136 Å². The van der Waals surface area contributed by atoms with E-state index in [-0.39, 0.29) is 0 Å².